The number of esters is 1. The summed E-state index contributed by atoms with van der Waals surface area (Å²) in [5.41, 5.74) is 0. The molecular formula is C16H19O3S+. The van der Waals surface area contributed by atoms with Gasteiger partial charge in [0, 0.05) is 18.2 Å². The molecule has 0 unspecified atom stereocenters. The molecule has 0 saturated carbocycles. The average Bonchev–Trinajstić information content (AvgIpc) is 2.48. The van der Waals surface area contributed by atoms with Gasteiger partial charge in [-0.15, -0.1) is 0 Å². The first-order chi connectivity index (χ1) is 9.78. The van der Waals surface area contributed by atoms with Crippen LogP contribution in [0.2, 0.25) is 0 Å². The van der Waals surface area contributed by atoms with Gasteiger partial charge in [-0.3, -0.25) is 0 Å². The highest BCUT2D eigenvalue weighted by Crippen LogP contribution is 2.20. The molecule has 0 radical (unpaired) electrons. The van der Waals surface area contributed by atoms with Crippen molar-refractivity contribution in [2.45, 2.75) is 24.7 Å². The summed E-state index contributed by atoms with van der Waals surface area (Å²) in [4.78, 5) is 13.8. The predicted octanol–water partition coefficient (Wildman–Crippen LogP) is 3.04. The summed E-state index contributed by atoms with van der Waals surface area (Å²) >= 11 is 1.24. The summed E-state index contributed by atoms with van der Waals surface area (Å²) in [6.45, 7) is 2.12. The van der Waals surface area contributed by atoms with Gasteiger partial charge in [0.15, 0.2) is 11.5 Å². The summed E-state index contributed by atoms with van der Waals surface area (Å²) in [5.74, 6) is 0.350. The monoisotopic (exact) mass is 291 g/mol. The minimum atomic E-state index is -0.339. The molecule has 0 bridgehead atoms. The minimum Gasteiger partial charge on any atom is -0.482 e. The third-order valence-corrected chi connectivity index (χ3v) is 3.98. The zero-order valence-corrected chi connectivity index (χ0v) is 12.4. The molecule has 3 nitrogen and oxygen atoms in total. The summed E-state index contributed by atoms with van der Waals surface area (Å²) in [6, 6.07) is 7.84. The zero-order valence-electron chi connectivity index (χ0n) is 11.5. The lowest BCUT2D eigenvalue weighted by atomic mass is 10.2. The van der Waals surface area contributed by atoms with E-state index in [1.807, 2.05) is 24.3 Å². The molecule has 1 aliphatic rings. The van der Waals surface area contributed by atoms with Crippen LogP contribution in [0.3, 0.4) is 0 Å². The summed E-state index contributed by atoms with van der Waals surface area (Å²) in [5, 5.41) is 0. The molecule has 106 valence electrons. The molecule has 0 aromatic heterocycles. The fraction of sp³-hybridized carbons (Fsp3) is 0.312. The van der Waals surface area contributed by atoms with E-state index >= 15 is 0 Å². The van der Waals surface area contributed by atoms with Crippen LogP contribution in [0.5, 0.6) is 5.75 Å². The first-order valence-corrected chi connectivity index (χ1v) is 7.63. The van der Waals surface area contributed by atoms with Gasteiger partial charge >= 0.3 is 5.97 Å². The molecule has 0 atom stereocenters. The zero-order chi connectivity index (χ0) is 14.2. The van der Waals surface area contributed by atoms with Crippen molar-refractivity contribution in [2.75, 3.05) is 13.2 Å². The molecule has 4 heteroatoms. The lowest BCUT2D eigenvalue weighted by Gasteiger charge is -2.05. The van der Waals surface area contributed by atoms with Gasteiger partial charge in [-0.1, -0.05) is 12.2 Å². The topological polar surface area (TPSA) is 35.5 Å². The van der Waals surface area contributed by atoms with E-state index < -0.39 is 0 Å². The van der Waals surface area contributed by atoms with E-state index in [1.54, 1.807) is 6.92 Å². The second kappa shape index (κ2) is 7.80. The molecule has 20 heavy (non-hydrogen) atoms. The summed E-state index contributed by atoms with van der Waals surface area (Å²) in [6.07, 6.45) is 8.73. The van der Waals surface area contributed by atoms with Crippen molar-refractivity contribution >= 4 is 17.7 Å². The maximum absolute atomic E-state index is 11.2. The molecule has 0 amide bonds. The Morgan fingerprint density at radius 3 is 2.75 bits per heavy atom. The number of hydrogen-bond acceptors (Lipinski definition) is 3. The highest BCUT2D eigenvalue weighted by Gasteiger charge is 2.11. The van der Waals surface area contributed by atoms with Crippen molar-refractivity contribution in [3.05, 3.63) is 47.4 Å². The average molecular weight is 291 g/mol. The standard InChI is InChI=1S/C16H18O3S/c1-2-18-16(17)12-19-13-8-10-15(11-9-13)20-14-6-4-3-5-7-14/h3-4,6,8-11H,2,5,7,12H2,1H3/p+1. The number of thiol groups is 1. The van der Waals surface area contributed by atoms with Crippen LogP contribution in [-0.2, 0) is 21.3 Å². The maximum atomic E-state index is 11.2. The summed E-state index contributed by atoms with van der Waals surface area (Å²) < 4.78 is 10.2. The fourth-order valence-electron chi connectivity index (χ4n) is 1.81. The van der Waals surface area contributed by atoms with E-state index in [-0.39, 0.29) is 12.6 Å². The third kappa shape index (κ3) is 4.78. The summed E-state index contributed by atoms with van der Waals surface area (Å²) in [7, 11) is 0. The van der Waals surface area contributed by atoms with Crippen molar-refractivity contribution < 1.29 is 14.3 Å². The van der Waals surface area contributed by atoms with E-state index in [4.69, 9.17) is 9.47 Å². The molecule has 1 aromatic carbocycles. The number of carbonyl (C=O) groups excluding carboxylic acids is 1. The van der Waals surface area contributed by atoms with Crippen LogP contribution in [0.4, 0.5) is 0 Å². The van der Waals surface area contributed by atoms with Crippen LogP contribution in [0.25, 0.3) is 0 Å². The van der Waals surface area contributed by atoms with E-state index in [1.165, 1.54) is 21.6 Å². The van der Waals surface area contributed by atoms with Crippen molar-refractivity contribution in [1.29, 1.82) is 0 Å². The van der Waals surface area contributed by atoms with Crippen LogP contribution in [-0.4, -0.2) is 19.2 Å². The van der Waals surface area contributed by atoms with Gasteiger partial charge in [-0.05, 0) is 43.7 Å². The molecule has 0 saturated heterocycles. The first-order valence-electron chi connectivity index (χ1n) is 6.74. The molecular weight excluding hydrogens is 272 g/mol. The molecule has 0 N–H and O–H groups in total. The largest absolute Gasteiger partial charge is 0.482 e. The van der Waals surface area contributed by atoms with E-state index in [0.717, 1.165) is 12.8 Å². The van der Waals surface area contributed by atoms with Gasteiger partial charge in [-0.25, -0.2) is 4.79 Å². The minimum absolute atomic E-state index is 0.0408. The highest BCUT2D eigenvalue weighted by molar-refractivity contribution is 7.82. The normalized spacial score (nSPS) is 13.8. The highest BCUT2D eigenvalue weighted by atomic mass is 32.2. The number of ether oxygens (including phenoxy) is 2. The molecule has 0 fully saturated rings. The quantitative estimate of drug-likeness (QED) is 0.459. The van der Waals surface area contributed by atoms with Crippen LogP contribution in [0.1, 0.15) is 19.8 Å². The van der Waals surface area contributed by atoms with Crippen LogP contribution < -0.4 is 4.74 Å². The van der Waals surface area contributed by atoms with Crippen molar-refractivity contribution in [2.24, 2.45) is 0 Å². The van der Waals surface area contributed by atoms with Crippen molar-refractivity contribution in [3.8, 4) is 5.75 Å². The van der Waals surface area contributed by atoms with Gasteiger partial charge in [0.05, 0.1) is 6.61 Å². The van der Waals surface area contributed by atoms with E-state index in [9.17, 15) is 4.79 Å². The second-order valence-corrected chi connectivity index (χ2v) is 5.64. The van der Waals surface area contributed by atoms with E-state index in [0.29, 0.717) is 12.4 Å². The van der Waals surface area contributed by atoms with Gasteiger partial charge in [-0.2, -0.15) is 0 Å². The van der Waals surface area contributed by atoms with E-state index in [2.05, 4.69) is 18.2 Å². The molecule has 0 spiro atoms. The number of benzene rings is 1. The van der Waals surface area contributed by atoms with Crippen LogP contribution in [0.15, 0.2) is 52.3 Å². The fourth-order valence-corrected chi connectivity index (χ4v) is 2.84. The SMILES string of the molecule is CCOC(=O)COc1ccc([SH+]C2=CC=CCC2)cc1. The number of allylic oxidation sites excluding steroid dienone is 4. The number of rotatable bonds is 6. The molecule has 0 aliphatic heterocycles. The van der Waals surface area contributed by atoms with Crippen LogP contribution in [0, 0.1) is 0 Å². The van der Waals surface area contributed by atoms with Gasteiger partial charge in [0.25, 0.3) is 0 Å². The Morgan fingerprint density at radius 2 is 2.10 bits per heavy atom. The Labute approximate surface area is 123 Å². The predicted molar refractivity (Wildman–Crippen MR) is 82.1 cm³/mol. The Morgan fingerprint density at radius 1 is 1.30 bits per heavy atom. The molecule has 2 rings (SSSR count). The lowest BCUT2D eigenvalue weighted by Crippen LogP contribution is -2.14. The first kappa shape index (κ1) is 14.7. The molecule has 1 aliphatic carbocycles. The lowest BCUT2D eigenvalue weighted by molar-refractivity contribution is -0.145. The Kier molecular flexibility index (Phi) is 5.74. The Hall–Kier alpha value is -1.68. The Bertz CT molecular complexity index is 503. The van der Waals surface area contributed by atoms with Crippen molar-refractivity contribution in [1.82, 2.24) is 0 Å². The maximum Gasteiger partial charge on any atom is 0.344 e. The number of carbonyl (C=O) groups is 1. The second-order valence-electron chi connectivity index (χ2n) is 4.32. The number of hydrogen-bond donors (Lipinski definition) is 0. The molecule has 0 heterocycles. The third-order valence-electron chi connectivity index (χ3n) is 2.76. The van der Waals surface area contributed by atoms with Crippen molar-refractivity contribution in [3.63, 3.8) is 0 Å². The van der Waals surface area contributed by atoms with Gasteiger partial charge in [0.1, 0.15) is 10.7 Å². The van der Waals surface area contributed by atoms with Crippen LogP contribution >= 0.6 is 0 Å². The Balaban J connectivity index is 1.84. The van der Waals surface area contributed by atoms with Gasteiger partial charge < -0.3 is 9.47 Å². The molecule has 1 aromatic rings. The van der Waals surface area contributed by atoms with Gasteiger partial charge in [0.2, 0.25) is 0 Å². The smallest absolute Gasteiger partial charge is 0.344 e.